The van der Waals surface area contributed by atoms with Crippen molar-refractivity contribution in [1.29, 1.82) is 0 Å². The zero-order valence-electron chi connectivity index (χ0n) is 18.1. The summed E-state index contributed by atoms with van der Waals surface area (Å²) in [4.78, 5) is 20.7. The molecule has 5 rings (SSSR count). The van der Waals surface area contributed by atoms with Gasteiger partial charge in [-0.2, -0.15) is 0 Å². The number of aryl methyl sites for hydroxylation is 3. The molecule has 0 radical (unpaired) electrons. The molecule has 0 bridgehead atoms. The average molecular weight is 412 g/mol. The number of para-hydroxylation sites is 1. The summed E-state index contributed by atoms with van der Waals surface area (Å²) in [7, 11) is 0. The third-order valence-corrected chi connectivity index (χ3v) is 6.57. The SMILES string of the molecule is CCC(NC(=O)CCc1cc2c(cn1)[nH]c1ccccc12)c1ccc2c(c1)CCCC2. The molecule has 2 aromatic heterocycles. The van der Waals surface area contributed by atoms with Crippen LogP contribution in [0.25, 0.3) is 21.8 Å². The van der Waals surface area contributed by atoms with Crippen molar-refractivity contribution in [1.82, 2.24) is 15.3 Å². The third-order valence-electron chi connectivity index (χ3n) is 6.57. The number of hydrogen-bond acceptors (Lipinski definition) is 2. The van der Waals surface area contributed by atoms with Gasteiger partial charge < -0.3 is 10.3 Å². The molecule has 0 saturated heterocycles. The lowest BCUT2D eigenvalue weighted by Crippen LogP contribution is -2.28. The second-order valence-corrected chi connectivity index (χ2v) is 8.66. The maximum absolute atomic E-state index is 12.7. The molecular weight excluding hydrogens is 382 g/mol. The number of nitrogens with one attached hydrogen (secondary N) is 2. The molecule has 31 heavy (non-hydrogen) atoms. The number of carbonyl (C=O) groups excluding carboxylic acids is 1. The highest BCUT2D eigenvalue weighted by atomic mass is 16.1. The van der Waals surface area contributed by atoms with Gasteiger partial charge in [0, 0.05) is 28.4 Å². The normalized spacial score (nSPS) is 14.5. The smallest absolute Gasteiger partial charge is 0.220 e. The molecule has 4 aromatic rings. The number of aromatic nitrogens is 2. The summed E-state index contributed by atoms with van der Waals surface area (Å²) in [6, 6.07) is 17.2. The number of carbonyl (C=O) groups is 1. The molecule has 0 spiro atoms. The lowest BCUT2D eigenvalue weighted by atomic mass is 9.89. The Labute approximate surface area is 183 Å². The lowest BCUT2D eigenvalue weighted by Gasteiger charge is -2.21. The minimum Gasteiger partial charge on any atom is -0.353 e. The third kappa shape index (κ3) is 4.07. The Morgan fingerprint density at radius 1 is 1.03 bits per heavy atom. The van der Waals surface area contributed by atoms with Gasteiger partial charge in [-0.3, -0.25) is 9.78 Å². The van der Waals surface area contributed by atoms with Crippen LogP contribution in [-0.2, 0) is 24.1 Å². The minimum atomic E-state index is 0.0729. The molecule has 4 heteroatoms. The van der Waals surface area contributed by atoms with Gasteiger partial charge in [-0.25, -0.2) is 0 Å². The first-order valence-electron chi connectivity index (χ1n) is 11.5. The molecule has 1 amide bonds. The topological polar surface area (TPSA) is 57.8 Å². The Kier molecular flexibility index (Phi) is 5.46. The van der Waals surface area contributed by atoms with E-state index in [0.29, 0.717) is 12.8 Å². The predicted octanol–water partition coefficient (Wildman–Crippen LogP) is 5.80. The molecule has 0 saturated carbocycles. The van der Waals surface area contributed by atoms with E-state index in [4.69, 9.17) is 0 Å². The molecule has 0 aliphatic heterocycles. The average Bonchev–Trinajstić information content (AvgIpc) is 3.19. The maximum atomic E-state index is 12.7. The molecule has 1 unspecified atom stereocenters. The monoisotopic (exact) mass is 411 g/mol. The molecule has 2 N–H and O–H groups in total. The molecule has 1 aliphatic rings. The second-order valence-electron chi connectivity index (χ2n) is 8.66. The largest absolute Gasteiger partial charge is 0.353 e. The van der Waals surface area contributed by atoms with E-state index in [1.165, 1.54) is 46.7 Å². The maximum Gasteiger partial charge on any atom is 0.220 e. The van der Waals surface area contributed by atoms with E-state index in [2.05, 4.69) is 64.7 Å². The summed E-state index contributed by atoms with van der Waals surface area (Å²) in [5.41, 5.74) is 7.28. The number of fused-ring (bicyclic) bond motifs is 4. The Hall–Kier alpha value is -3.14. The molecule has 0 fully saturated rings. The first-order valence-corrected chi connectivity index (χ1v) is 11.5. The van der Waals surface area contributed by atoms with Crippen molar-refractivity contribution in [3.8, 4) is 0 Å². The van der Waals surface area contributed by atoms with E-state index < -0.39 is 0 Å². The fourth-order valence-corrected chi connectivity index (χ4v) is 4.83. The van der Waals surface area contributed by atoms with E-state index in [-0.39, 0.29) is 11.9 Å². The molecule has 1 atom stereocenters. The highest BCUT2D eigenvalue weighted by molar-refractivity contribution is 6.06. The van der Waals surface area contributed by atoms with Gasteiger partial charge >= 0.3 is 0 Å². The van der Waals surface area contributed by atoms with Crippen molar-refractivity contribution in [3.05, 3.63) is 77.1 Å². The molecule has 4 nitrogen and oxygen atoms in total. The van der Waals surface area contributed by atoms with Gasteiger partial charge in [-0.15, -0.1) is 0 Å². The van der Waals surface area contributed by atoms with Crippen LogP contribution in [0.5, 0.6) is 0 Å². The van der Waals surface area contributed by atoms with Gasteiger partial charge in [-0.05, 0) is 67.3 Å². The number of hydrogen-bond donors (Lipinski definition) is 2. The molecule has 2 heterocycles. The van der Waals surface area contributed by atoms with Crippen LogP contribution in [0.2, 0.25) is 0 Å². The fraction of sp³-hybridized carbons (Fsp3) is 0.333. The van der Waals surface area contributed by atoms with Gasteiger partial charge in [0.1, 0.15) is 0 Å². The van der Waals surface area contributed by atoms with Gasteiger partial charge in [-0.1, -0.05) is 43.3 Å². The van der Waals surface area contributed by atoms with Crippen LogP contribution in [0.4, 0.5) is 0 Å². The first kappa shape index (κ1) is 19.8. The van der Waals surface area contributed by atoms with Crippen LogP contribution in [0.3, 0.4) is 0 Å². The van der Waals surface area contributed by atoms with Gasteiger partial charge in [0.25, 0.3) is 0 Å². The van der Waals surface area contributed by atoms with Gasteiger partial charge in [0.05, 0.1) is 17.8 Å². The van der Waals surface area contributed by atoms with Crippen molar-refractivity contribution in [2.75, 3.05) is 0 Å². The summed E-state index contributed by atoms with van der Waals surface area (Å²) < 4.78 is 0. The highest BCUT2D eigenvalue weighted by Crippen LogP contribution is 2.27. The van der Waals surface area contributed by atoms with Crippen LogP contribution in [-0.4, -0.2) is 15.9 Å². The van der Waals surface area contributed by atoms with Crippen molar-refractivity contribution in [3.63, 3.8) is 0 Å². The summed E-state index contributed by atoms with van der Waals surface area (Å²) in [6.45, 7) is 2.14. The number of rotatable bonds is 6. The summed E-state index contributed by atoms with van der Waals surface area (Å²) in [6.07, 6.45) is 8.77. The second kappa shape index (κ2) is 8.54. The number of aromatic amines is 1. The number of benzene rings is 2. The van der Waals surface area contributed by atoms with E-state index in [0.717, 1.165) is 29.6 Å². The van der Waals surface area contributed by atoms with Gasteiger partial charge in [0.2, 0.25) is 5.91 Å². The fourth-order valence-electron chi connectivity index (χ4n) is 4.83. The van der Waals surface area contributed by atoms with Crippen molar-refractivity contribution >= 4 is 27.7 Å². The van der Waals surface area contributed by atoms with E-state index in [1.807, 2.05) is 12.3 Å². The number of amides is 1. The van der Waals surface area contributed by atoms with E-state index in [1.54, 1.807) is 0 Å². The van der Waals surface area contributed by atoms with Crippen LogP contribution in [0.15, 0.2) is 54.7 Å². The molecule has 158 valence electrons. The zero-order chi connectivity index (χ0) is 21.2. The number of H-pyrrole nitrogens is 1. The van der Waals surface area contributed by atoms with Gasteiger partial charge in [0.15, 0.2) is 0 Å². The van der Waals surface area contributed by atoms with Crippen LogP contribution in [0.1, 0.15) is 61.0 Å². The quantitative estimate of drug-likeness (QED) is 0.422. The molecule has 1 aliphatic carbocycles. The Morgan fingerprint density at radius 3 is 2.74 bits per heavy atom. The molecule has 2 aromatic carbocycles. The molecular formula is C27H29N3O. The Balaban J connectivity index is 1.26. The summed E-state index contributed by atoms with van der Waals surface area (Å²) in [5.74, 6) is 0.0883. The van der Waals surface area contributed by atoms with Crippen molar-refractivity contribution in [2.24, 2.45) is 0 Å². The zero-order valence-corrected chi connectivity index (χ0v) is 18.1. The Bertz CT molecular complexity index is 1240. The van der Waals surface area contributed by atoms with Crippen LogP contribution in [0, 0.1) is 0 Å². The van der Waals surface area contributed by atoms with Crippen LogP contribution < -0.4 is 5.32 Å². The predicted molar refractivity (Wildman–Crippen MR) is 126 cm³/mol. The summed E-state index contributed by atoms with van der Waals surface area (Å²) in [5, 5.41) is 5.62. The first-order chi connectivity index (χ1) is 15.2. The van der Waals surface area contributed by atoms with Crippen molar-refractivity contribution < 1.29 is 4.79 Å². The summed E-state index contributed by atoms with van der Waals surface area (Å²) >= 11 is 0. The Morgan fingerprint density at radius 2 is 1.87 bits per heavy atom. The highest BCUT2D eigenvalue weighted by Gasteiger charge is 2.16. The number of pyridine rings is 1. The van der Waals surface area contributed by atoms with E-state index in [9.17, 15) is 4.79 Å². The number of nitrogens with zero attached hydrogens (tertiary/aromatic N) is 1. The van der Waals surface area contributed by atoms with E-state index >= 15 is 0 Å². The minimum absolute atomic E-state index is 0.0729. The standard InChI is InChI=1S/C27H29N3O/c1-2-24(20-12-11-18-7-3-4-8-19(18)15-20)30-27(31)14-13-21-16-23-22-9-5-6-10-25(22)29-26(23)17-28-21/h5-6,9-12,15-17,24,29H,2-4,7-8,13-14H2,1H3,(H,30,31). The van der Waals surface area contributed by atoms with Crippen LogP contribution >= 0.6 is 0 Å². The van der Waals surface area contributed by atoms with Crippen molar-refractivity contribution in [2.45, 2.75) is 57.9 Å². The lowest BCUT2D eigenvalue weighted by molar-refractivity contribution is -0.121.